The quantitative estimate of drug-likeness (QED) is 0.776. The topological polar surface area (TPSA) is 37.4 Å². The minimum atomic E-state index is -3.36. The molecule has 0 radical (unpaired) electrons. The van der Waals surface area contributed by atoms with Crippen molar-refractivity contribution in [3.8, 4) is 0 Å². The third-order valence-electron chi connectivity index (χ3n) is 3.21. The number of rotatable bonds is 2. The second-order valence-corrected chi connectivity index (χ2v) is 7.05. The molecule has 0 N–H and O–H groups in total. The molecule has 0 aromatic heterocycles. The number of hydrogen-bond acceptors (Lipinski definition) is 2. The Morgan fingerprint density at radius 3 is 2.53 bits per heavy atom. The molecule has 0 aliphatic carbocycles. The molecule has 5 heteroatoms. The van der Waals surface area contributed by atoms with E-state index in [2.05, 4.69) is 0 Å². The summed E-state index contributed by atoms with van der Waals surface area (Å²) in [4.78, 5) is 0.367. The molecule has 1 fully saturated rings. The lowest BCUT2D eigenvalue weighted by Crippen LogP contribution is -2.29. The predicted molar refractivity (Wildman–Crippen MR) is 68.9 cm³/mol. The van der Waals surface area contributed by atoms with Gasteiger partial charge in [0.2, 0.25) is 10.0 Å². The van der Waals surface area contributed by atoms with Crippen LogP contribution in [0.2, 0.25) is 0 Å². The summed E-state index contributed by atoms with van der Waals surface area (Å²) >= 11 is 5.95. The molecule has 1 aromatic carbocycles. The van der Waals surface area contributed by atoms with Crippen LogP contribution in [0.5, 0.6) is 0 Å². The van der Waals surface area contributed by atoms with Crippen LogP contribution in [0, 0.1) is 13.8 Å². The Kier molecular flexibility index (Phi) is 3.48. The van der Waals surface area contributed by atoms with Gasteiger partial charge in [0, 0.05) is 18.5 Å². The number of benzene rings is 1. The Bertz CT molecular complexity index is 527. The summed E-state index contributed by atoms with van der Waals surface area (Å²) in [5.74, 6) is 0. The summed E-state index contributed by atoms with van der Waals surface area (Å²) in [5.41, 5.74) is 2.09. The molecule has 1 aromatic rings. The van der Waals surface area contributed by atoms with Crippen LogP contribution in [0.3, 0.4) is 0 Å². The fourth-order valence-corrected chi connectivity index (χ4v) is 3.86. The van der Waals surface area contributed by atoms with E-state index in [1.54, 1.807) is 12.1 Å². The van der Waals surface area contributed by atoms with Crippen molar-refractivity contribution in [1.29, 1.82) is 0 Å². The van der Waals surface area contributed by atoms with E-state index in [9.17, 15) is 8.42 Å². The molecule has 1 aliphatic heterocycles. The van der Waals surface area contributed by atoms with Crippen molar-refractivity contribution < 1.29 is 8.42 Å². The van der Waals surface area contributed by atoms with Gasteiger partial charge in [0.15, 0.2) is 0 Å². The van der Waals surface area contributed by atoms with Crippen LogP contribution in [0.25, 0.3) is 0 Å². The maximum atomic E-state index is 12.3. The Morgan fingerprint density at radius 2 is 2.00 bits per heavy atom. The molecule has 0 amide bonds. The Balaban J connectivity index is 2.35. The summed E-state index contributed by atoms with van der Waals surface area (Å²) in [5, 5.41) is -0.0590. The summed E-state index contributed by atoms with van der Waals surface area (Å²) in [6.45, 7) is 4.82. The average Bonchev–Trinajstić information content (AvgIpc) is 2.69. The molecule has 1 aliphatic rings. The molecule has 0 spiro atoms. The maximum absolute atomic E-state index is 12.3. The second kappa shape index (κ2) is 4.59. The van der Waals surface area contributed by atoms with E-state index in [1.807, 2.05) is 19.9 Å². The Labute approximate surface area is 107 Å². The van der Waals surface area contributed by atoms with Gasteiger partial charge in [0.1, 0.15) is 0 Å². The molecule has 17 heavy (non-hydrogen) atoms. The van der Waals surface area contributed by atoms with E-state index in [0.29, 0.717) is 18.0 Å². The zero-order valence-corrected chi connectivity index (χ0v) is 11.6. The van der Waals surface area contributed by atoms with Crippen LogP contribution in [-0.4, -0.2) is 31.2 Å². The lowest BCUT2D eigenvalue weighted by atomic mass is 10.1. The van der Waals surface area contributed by atoms with Crippen LogP contribution in [-0.2, 0) is 10.0 Å². The monoisotopic (exact) mass is 273 g/mol. The Hall–Kier alpha value is -0.580. The van der Waals surface area contributed by atoms with Gasteiger partial charge in [-0.1, -0.05) is 6.07 Å². The van der Waals surface area contributed by atoms with Crippen molar-refractivity contribution in [3.63, 3.8) is 0 Å². The molecular formula is C12H16ClNO2S. The Morgan fingerprint density at radius 1 is 1.29 bits per heavy atom. The molecule has 1 unspecified atom stereocenters. The molecule has 94 valence electrons. The predicted octanol–water partition coefficient (Wildman–Crippen LogP) is 2.31. The summed E-state index contributed by atoms with van der Waals surface area (Å²) in [6, 6.07) is 5.24. The minimum Gasteiger partial charge on any atom is -0.207 e. The third kappa shape index (κ3) is 2.49. The molecule has 2 rings (SSSR count). The number of alkyl halides is 1. The molecule has 0 saturated carbocycles. The second-order valence-electron chi connectivity index (χ2n) is 4.50. The highest BCUT2D eigenvalue weighted by Gasteiger charge is 2.31. The van der Waals surface area contributed by atoms with Gasteiger partial charge in [-0.05, 0) is 43.5 Å². The van der Waals surface area contributed by atoms with Crippen LogP contribution >= 0.6 is 11.6 Å². The first-order valence-electron chi connectivity index (χ1n) is 5.63. The minimum absolute atomic E-state index is 0.0590. The molecule has 1 heterocycles. The summed E-state index contributed by atoms with van der Waals surface area (Å²) < 4.78 is 26.1. The SMILES string of the molecule is Cc1ccc(S(=O)(=O)N2CCC(Cl)C2)cc1C. The summed E-state index contributed by atoms with van der Waals surface area (Å²) in [7, 11) is -3.36. The number of halogens is 1. The average molecular weight is 274 g/mol. The van der Waals surface area contributed by atoms with Gasteiger partial charge in [-0.3, -0.25) is 0 Å². The van der Waals surface area contributed by atoms with Crippen molar-refractivity contribution in [2.75, 3.05) is 13.1 Å². The van der Waals surface area contributed by atoms with Crippen LogP contribution in [0.4, 0.5) is 0 Å². The number of nitrogens with zero attached hydrogens (tertiary/aromatic N) is 1. The van der Waals surface area contributed by atoms with Crippen molar-refractivity contribution in [2.45, 2.75) is 30.5 Å². The van der Waals surface area contributed by atoms with Gasteiger partial charge in [-0.2, -0.15) is 4.31 Å². The maximum Gasteiger partial charge on any atom is 0.243 e. The standard InChI is InChI=1S/C12H16ClNO2S/c1-9-3-4-12(7-10(9)2)17(15,16)14-6-5-11(13)8-14/h3-4,7,11H,5-6,8H2,1-2H3. The zero-order valence-electron chi connectivity index (χ0n) is 9.98. The number of sulfonamides is 1. The van der Waals surface area contributed by atoms with Crippen molar-refractivity contribution in [3.05, 3.63) is 29.3 Å². The molecule has 0 bridgehead atoms. The van der Waals surface area contributed by atoms with E-state index in [-0.39, 0.29) is 5.38 Å². The van der Waals surface area contributed by atoms with E-state index in [1.165, 1.54) is 4.31 Å². The smallest absolute Gasteiger partial charge is 0.207 e. The zero-order chi connectivity index (χ0) is 12.6. The van der Waals surface area contributed by atoms with Gasteiger partial charge < -0.3 is 0 Å². The normalized spacial score (nSPS) is 21.9. The van der Waals surface area contributed by atoms with Gasteiger partial charge in [0.05, 0.1) is 4.90 Å². The lowest BCUT2D eigenvalue weighted by Gasteiger charge is -2.16. The number of hydrogen-bond donors (Lipinski definition) is 0. The highest BCUT2D eigenvalue weighted by atomic mass is 35.5. The van der Waals surface area contributed by atoms with Crippen molar-refractivity contribution >= 4 is 21.6 Å². The number of aryl methyl sites for hydroxylation is 2. The van der Waals surface area contributed by atoms with Crippen LogP contribution < -0.4 is 0 Å². The van der Waals surface area contributed by atoms with Gasteiger partial charge >= 0.3 is 0 Å². The molecular weight excluding hydrogens is 258 g/mol. The lowest BCUT2D eigenvalue weighted by molar-refractivity contribution is 0.478. The molecule has 1 saturated heterocycles. The third-order valence-corrected chi connectivity index (χ3v) is 5.43. The van der Waals surface area contributed by atoms with Crippen molar-refractivity contribution in [2.24, 2.45) is 0 Å². The first kappa shape index (κ1) is 12.9. The molecule has 1 atom stereocenters. The van der Waals surface area contributed by atoms with Crippen LogP contribution in [0.15, 0.2) is 23.1 Å². The van der Waals surface area contributed by atoms with Crippen molar-refractivity contribution in [1.82, 2.24) is 4.31 Å². The summed E-state index contributed by atoms with van der Waals surface area (Å²) in [6.07, 6.45) is 0.728. The highest BCUT2D eigenvalue weighted by Crippen LogP contribution is 2.24. The van der Waals surface area contributed by atoms with E-state index < -0.39 is 10.0 Å². The largest absolute Gasteiger partial charge is 0.243 e. The van der Waals surface area contributed by atoms with Gasteiger partial charge in [-0.25, -0.2) is 8.42 Å². The van der Waals surface area contributed by atoms with Gasteiger partial charge in [0.25, 0.3) is 0 Å². The first-order chi connectivity index (χ1) is 7.91. The van der Waals surface area contributed by atoms with Gasteiger partial charge in [-0.15, -0.1) is 11.6 Å². The fraction of sp³-hybridized carbons (Fsp3) is 0.500. The van der Waals surface area contributed by atoms with E-state index >= 15 is 0 Å². The fourth-order valence-electron chi connectivity index (χ4n) is 1.93. The highest BCUT2D eigenvalue weighted by molar-refractivity contribution is 7.89. The van der Waals surface area contributed by atoms with E-state index in [4.69, 9.17) is 11.6 Å². The first-order valence-corrected chi connectivity index (χ1v) is 7.50. The molecule has 3 nitrogen and oxygen atoms in total. The van der Waals surface area contributed by atoms with E-state index in [0.717, 1.165) is 17.5 Å². The van der Waals surface area contributed by atoms with Crippen LogP contribution in [0.1, 0.15) is 17.5 Å².